The third kappa shape index (κ3) is 9.44. The molecule has 0 bridgehead atoms. The molecule has 45 heavy (non-hydrogen) atoms. The molecule has 0 heterocycles. The lowest BCUT2D eigenvalue weighted by molar-refractivity contribution is -0.139. The lowest BCUT2D eigenvalue weighted by Gasteiger charge is -2.37. The molecule has 3 aliphatic carbocycles. The largest absolute Gasteiger partial charge is 0.300 e. The number of carbonyl (C=O) groups excluding carboxylic acids is 5. The maximum absolute atomic E-state index is 14.7. The summed E-state index contributed by atoms with van der Waals surface area (Å²) in [5.74, 6) is -0.729. The molecule has 3 aliphatic rings. The summed E-state index contributed by atoms with van der Waals surface area (Å²) < 4.78 is 0. The van der Waals surface area contributed by atoms with Crippen molar-refractivity contribution in [3.63, 3.8) is 0 Å². The summed E-state index contributed by atoms with van der Waals surface area (Å²) in [5, 5.41) is 0. The Morgan fingerprint density at radius 3 is 2.09 bits per heavy atom. The normalized spacial score (nSPS) is 28.8. The van der Waals surface area contributed by atoms with Gasteiger partial charge in [0.2, 0.25) is 0 Å². The first-order chi connectivity index (χ1) is 20.7. The van der Waals surface area contributed by atoms with Crippen molar-refractivity contribution in [1.82, 2.24) is 0 Å². The number of hydrogen-bond acceptors (Lipinski definition) is 5. The highest BCUT2D eigenvalue weighted by atomic mass is 16.1. The first-order valence-corrected chi connectivity index (χ1v) is 17.6. The number of ketones is 5. The maximum atomic E-state index is 14.7. The van der Waals surface area contributed by atoms with E-state index in [-0.39, 0.29) is 81.7 Å². The summed E-state index contributed by atoms with van der Waals surface area (Å²) in [5.41, 5.74) is 0.203. The van der Waals surface area contributed by atoms with Crippen LogP contribution in [0.1, 0.15) is 133 Å². The number of carbonyl (C=O) groups is 5. The van der Waals surface area contributed by atoms with Gasteiger partial charge < -0.3 is 0 Å². The first-order valence-electron chi connectivity index (χ1n) is 17.6. The van der Waals surface area contributed by atoms with Crippen LogP contribution in [0, 0.1) is 63.6 Å². The Bertz CT molecular complexity index is 1170. The van der Waals surface area contributed by atoms with Gasteiger partial charge in [0.25, 0.3) is 0 Å². The van der Waals surface area contributed by atoms with Gasteiger partial charge in [-0.25, -0.2) is 0 Å². The average Bonchev–Trinajstić information content (AvgIpc) is 3.24. The first kappa shape index (κ1) is 37.3. The van der Waals surface area contributed by atoms with E-state index in [1.165, 1.54) is 0 Å². The predicted octanol–water partition coefficient (Wildman–Crippen LogP) is 8.97. The monoisotopic (exact) mass is 622 g/mol. The second kappa shape index (κ2) is 14.3. The van der Waals surface area contributed by atoms with Crippen molar-refractivity contribution < 1.29 is 24.0 Å². The van der Waals surface area contributed by atoms with Crippen molar-refractivity contribution in [2.45, 2.75) is 133 Å². The smallest absolute Gasteiger partial charge is 0.158 e. The Kier molecular flexibility index (Phi) is 11.9. The van der Waals surface area contributed by atoms with Crippen LogP contribution >= 0.6 is 0 Å². The molecule has 0 saturated heterocycles. The maximum Gasteiger partial charge on any atom is 0.158 e. The van der Waals surface area contributed by atoms with E-state index in [0.29, 0.717) is 50.0 Å². The zero-order chi connectivity index (χ0) is 34.1. The van der Waals surface area contributed by atoms with E-state index in [2.05, 4.69) is 47.8 Å². The summed E-state index contributed by atoms with van der Waals surface area (Å²) in [7, 11) is 0. The van der Waals surface area contributed by atoms with Gasteiger partial charge in [0.1, 0.15) is 23.1 Å². The van der Waals surface area contributed by atoms with Gasteiger partial charge in [0, 0.05) is 55.8 Å². The lowest BCUT2D eigenvalue weighted by atomic mass is 9.66. The Hall–Kier alpha value is -2.17. The van der Waals surface area contributed by atoms with Crippen LogP contribution < -0.4 is 0 Å². The van der Waals surface area contributed by atoms with E-state index < -0.39 is 17.8 Å². The number of rotatable bonds is 16. The molecule has 5 heteroatoms. The lowest BCUT2D eigenvalue weighted by Crippen LogP contribution is -2.40. The molecule has 0 spiro atoms. The number of Topliss-reactive ketones (excluding diaryl/α,β-unsaturated/α-hetero) is 5. The van der Waals surface area contributed by atoms with Gasteiger partial charge in [0.15, 0.2) is 5.78 Å². The molecule has 5 nitrogen and oxygen atoms in total. The van der Waals surface area contributed by atoms with Gasteiger partial charge in [-0.1, -0.05) is 81.4 Å². The minimum Gasteiger partial charge on any atom is -0.300 e. The fourth-order valence-electron chi connectivity index (χ4n) is 8.80. The molecule has 0 aliphatic heterocycles. The zero-order valence-electron chi connectivity index (χ0n) is 29.9. The summed E-state index contributed by atoms with van der Waals surface area (Å²) in [6.45, 7) is 26.4. The Labute approximate surface area is 273 Å². The second-order valence-electron chi connectivity index (χ2n) is 18.0. The molecular formula is C40H62O5. The van der Waals surface area contributed by atoms with Crippen LogP contribution in [0.15, 0.2) is 24.8 Å². The van der Waals surface area contributed by atoms with E-state index in [9.17, 15) is 24.0 Å². The predicted molar refractivity (Wildman–Crippen MR) is 181 cm³/mol. The quantitative estimate of drug-likeness (QED) is 0.127. The fourth-order valence-corrected chi connectivity index (χ4v) is 8.80. The van der Waals surface area contributed by atoms with Crippen LogP contribution in [0.3, 0.4) is 0 Å². The van der Waals surface area contributed by atoms with Crippen LogP contribution in [-0.4, -0.2) is 28.9 Å². The highest BCUT2D eigenvalue weighted by Crippen LogP contribution is 2.71. The molecule has 3 fully saturated rings. The highest BCUT2D eigenvalue weighted by molar-refractivity contribution is 5.98. The zero-order valence-corrected chi connectivity index (χ0v) is 29.9. The van der Waals surface area contributed by atoms with Crippen molar-refractivity contribution in [1.29, 1.82) is 0 Å². The summed E-state index contributed by atoms with van der Waals surface area (Å²) in [6.07, 6.45) is 7.85. The van der Waals surface area contributed by atoms with E-state index in [1.807, 2.05) is 27.7 Å². The topological polar surface area (TPSA) is 85.3 Å². The minimum absolute atomic E-state index is 0.00396. The van der Waals surface area contributed by atoms with Gasteiger partial charge >= 0.3 is 0 Å². The van der Waals surface area contributed by atoms with Crippen molar-refractivity contribution >= 4 is 28.9 Å². The molecule has 0 aromatic carbocycles. The second-order valence-corrected chi connectivity index (χ2v) is 18.0. The van der Waals surface area contributed by atoms with Gasteiger partial charge in [-0.15, -0.1) is 6.58 Å². The Morgan fingerprint density at radius 2 is 1.51 bits per heavy atom. The standard InChI is InChI=1S/C40H62O5/c1-12-13-17-32(42)25(3)24(2)18-33(43)35-30(21-31-36(35)40(31,10)11)37(45)29(20-28(41)22-38(4,5)6)26-15-14-16-27(19-26)34(44)23-39(7,8)9/h12,24,26-27,29-31,35-36H,1,3,13-23H2,2,4-11H3/t24?,26?,27?,29-,30?,31?,35?,36?/m1/s1. The minimum atomic E-state index is -0.459. The molecule has 0 N–H and O–H groups in total. The fraction of sp³-hybridized carbons (Fsp3) is 0.775. The number of hydrogen-bond donors (Lipinski definition) is 0. The van der Waals surface area contributed by atoms with E-state index in [4.69, 9.17) is 0 Å². The van der Waals surface area contributed by atoms with Crippen molar-refractivity contribution in [3.05, 3.63) is 24.8 Å². The molecule has 7 unspecified atom stereocenters. The van der Waals surface area contributed by atoms with E-state index in [0.717, 1.165) is 19.3 Å². The van der Waals surface area contributed by atoms with Crippen molar-refractivity contribution in [2.75, 3.05) is 0 Å². The summed E-state index contributed by atoms with van der Waals surface area (Å²) in [6, 6.07) is 0. The molecule has 0 aromatic heterocycles. The number of allylic oxidation sites excluding steroid dienone is 2. The highest BCUT2D eigenvalue weighted by Gasteiger charge is 2.69. The van der Waals surface area contributed by atoms with E-state index in [1.54, 1.807) is 6.08 Å². The third-order valence-corrected chi connectivity index (χ3v) is 11.2. The molecule has 3 saturated carbocycles. The van der Waals surface area contributed by atoms with Crippen LogP contribution in [0.4, 0.5) is 0 Å². The Morgan fingerprint density at radius 1 is 0.889 bits per heavy atom. The van der Waals surface area contributed by atoms with Crippen molar-refractivity contribution in [2.24, 2.45) is 63.6 Å². The molecular weight excluding hydrogens is 560 g/mol. The van der Waals surface area contributed by atoms with Gasteiger partial charge in [-0.3, -0.25) is 24.0 Å². The molecule has 0 aromatic rings. The third-order valence-electron chi connectivity index (χ3n) is 11.2. The summed E-state index contributed by atoms with van der Waals surface area (Å²) in [4.78, 5) is 68.2. The van der Waals surface area contributed by atoms with Crippen LogP contribution in [-0.2, 0) is 24.0 Å². The van der Waals surface area contributed by atoms with Gasteiger partial charge in [-0.2, -0.15) is 0 Å². The average molecular weight is 623 g/mol. The van der Waals surface area contributed by atoms with Crippen LogP contribution in [0.2, 0.25) is 0 Å². The van der Waals surface area contributed by atoms with Gasteiger partial charge in [-0.05, 0) is 77.6 Å². The Balaban J connectivity index is 1.86. The molecule has 252 valence electrons. The van der Waals surface area contributed by atoms with Crippen molar-refractivity contribution in [3.8, 4) is 0 Å². The number of fused-ring (bicyclic) bond motifs is 1. The SMILES string of the molecule is C=CCCC(=O)C(=C)C(C)CC(=O)C1C(C(=O)[C@H](CC(=O)CC(C)(C)C)C2CCCC(C(=O)CC(C)(C)C)C2)CC2C1C2(C)C. The van der Waals surface area contributed by atoms with Gasteiger partial charge in [0.05, 0.1) is 0 Å². The van der Waals surface area contributed by atoms with E-state index >= 15 is 0 Å². The van der Waals surface area contributed by atoms with Crippen LogP contribution in [0.25, 0.3) is 0 Å². The molecule has 0 radical (unpaired) electrons. The molecule has 0 amide bonds. The summed E-state index contributed by atoms with van der Waals surface area (Å²) >= 11 is 0. The molecule has 8 atom stereocenters. The molecule has 3 rings (SSSR count). The van der Waals surface area contributed by atoms with Crippen LogP contribution in [0.5, 0.6) is 0 Å².